The minimum Gasteiger partial charge on any atom is -0.493 e. The van der Waals surface area contributed by atoms with E-state index in [1.54, 1.807) is 18.2 Å². The van der Waals surface area contributed by atoms with Crippen molar-refractivity contribution in [2.45, 2.75) is 6.42 Å². The molecule has 6 nitrogen and oxygen atoms in total. The van der Waals surface area contributed by atoms with Gasteiger partial charge >= 0.3 is 6.09 Å². The standard InChI is InChI=1S/C12H15NO5/c1-17-10-4-3-8(6-11(10)18-2)5-9(14)7-13-12(15)16/h3-4,6,13H,5,7H2,1-2H3,(H,15,16). The number of ketones is 1. The van der Waals surface area contributed by atoms with Crippen LogP contribution in [0.1, 0.15) is 5.56 Å². The summed E-state index contributed by atoms with van der Waals surface area (Å²) in [7, 11) is 3.04. The third-order valence-corrected chi connectivity index (χ3v) is 2.29. The van der Waals surface area contributed by atoms with E-state index in [2.05, 4.69) is 0 Å². The van der Waals surface area contributed by atoms with E-state index >= 15 is 0 Å². The smallest absolute Gasteiger partial charge is 0.405 e. The number of nitrogens with one attached hydrogen (secondary N) is 1. The second-order valence-corrected chi connectivity index (χ2v) is 3.56. The topological polar surface area (TPSA) is 84.9 Å². The van der Waals surface area contributed by atoms with Gasteiger partial charge in [0.1, 0.15) is 0 Å². The molecule has 0 aliphatic rings. The molecule has 1 amide bonds. The molecule has 1 aromatic carbocycles. The van der Waals surface area contributed by atoms with Crippen LogP contribution < -0.4 is 14.8 Å². The average Bonchev–Trinajstić information content (AvgIpc) is 2.36. The Morgan fingerprint density at radius 2 is 1.89 bits per heavy atom. The largest absolute Gasteiger partial charge is 0.493 e. The van der Waals surface area contributed by atoms with Gasteiger partial charge in [-0.3, -0.25) is 4.79 Å². The van der Waals surface area contributed by atoms with Crippen molar-refractivity contribution in [2.75, 3.05) is 20.8 Å². The number of carbonyl (C=O) groups excluding carboxylic acids is 1. The summed E-state index contributed by atoms with van der Waals surface area (Å²) in [6.07, 6.45) is -1.07. The van der Waals surface area contributed by atoms with Gasteiger partial charge in [0.05, 0.1) is 20.8 Å². The Balaban J connectivity index is 2.67. The number of hydrogen-bond acceptors (Lipinski definition) is 4. The summed E-state index contributed by atoms with van der Waals surface area (Å²) in [4.78, 5) is 21.7. The maximum atomic E-state index is 11.5. The lowest BCUT2D eigenvalue weighted by atomic mass is 10.1. The molecule has 0 fully saturated rings. The van der Waals surface area contributed by atoms with Crippen LogP contribution in [0.25, 0.3) is 0 Å². The van der Waals surface area contributed by atoms with E-state index in [0.717, 1.165) is 5.56 Å². The number of ether oxygens (including phenoxy) is 2. The summed E-state index contributed by atoms with van der Waals surface area (Å²) < 4.78 is 10.2. The van der Waals surface area contributed by atoms with Crippen molar-refractivity contribution < 1.29 is 24.2 Å². The van der Waals surface area contributed by atoms with E-state index < -0.39 is 6.09 Å². The molecule has 0 aromatic heterocycles. The highest BCUT2D eigenvalue weighted by atomic mass is 16.5. The number of Topliss-reactive ketones (excluding diaryl/α,β-unsaturated/α-hetero) is 1. The lowest BCUT2D eigenvalue weighted by molar-refractivity contribution is -0.117. The summed E-state index contributed by atoms with van der Waals surface area (Å²) in [6.45, 7) is -0.205. The van der Waals surface area contributed by atoms with Gasteiger partial charge in [-0.05, 0) is 17.7 Å². The highest BCUT2D eigenvalue weighted by Gasteiger charge is 2.09. The van der Waals surface area contributed by atoms with Gasteiger partial charge in [-0.15, -0.1) is 0 Å². The molecule has 2 N–H and O–H groups in total. The molecule has 6 heteroatoms. The first-order chi connectivity index (χ1) is 8.56. The van der Waals surface area contributed by atoms with Crippen LogP contribution in [0.3, 0.4) is 0 Å². The van der Waals surface area contributed by atoms with Gasteiger partial charge < -0.3 is 19.9 Å². The zero-order valence-corrected chi connectivity index (χ0v) is 10.2. The molecule has 0 heterocycles. The Hall–Kier alpha value is -2.24. The second-order valence-electron chi connectivity index (χ2n) is 3.56. The number of rotatable bonds is 6. The highest BCUT2D eigenvalue weighted by molar-refractivity contribution is 5.85. The van der Waals surface area contributed by atoms with Gasteiger partial charge in [0, 0.05) is 6.42 Å². The summed E-state index contributed by atoms with van der Waals surface area (Å²) in [5.74, 6) is 0.899. The molecule has 1 rings (SSSR count). The van der Waals surface area contributed by atoms with Crippen LogP contribution in [0.4, 0.5) is 4.79 Å². The molecule has 1 aromatic rings. The van der Waals surface area contributed by atoms with Crippen LogP contribution in [-0.4, -0.2) is 37.7 Å². The fourth-order valence-electron chi connectivity index (χ4n) is 1.45. The van der Waals surface area contributed by atoms with Crippen LogP contribution in [0.15, 0.2) is 18.2 Å². The molecule has 0 unspecified atom stereocenters. The van der Waals surface area contributed by atoms with E-state index in [1.807, 2.05) is 5.32 Å². The molecule has 0 saturated carbocycles. The van der Waals surface area contributed by atoms with Gasteiger partial charge in [-0.1, -0.05) is 6.07 Å². The maximum Gasteiger partial charge on any atom is 0.405 e. The Kier molecular flexibility index (Phi) is 4.98. The lowest BCUT2D eigenvalue weighted by Gasteiger charge is -2.09. The molecule has 0 spiro atoms. The zero-order valence-electron chi connectivity index (χ0n) is 10.2. The van der Waals surface area contributed by atoms with Crippen LogP contribution in [-0.2, 0) is 11.2 Å². The Morgan fingerprint density at radius 1 is 1.22 bits per heavy atom. The number of benzene rings is 1. The lowest BCUT2D eigenvalue weighted by Crippen LogP contribution is -2.28. The second kappa shape index (κ2) is 6.48. The van der Waals surface area contributed by atoms with Crippen LogP contribution in [0.5, 0.6) is 11.5 Å². The van der Waals surface area contributed by atoms with E-state index in [9.17, 15) is 9.59 Å². The number of methoxy groups -OCH3 is 2. The maximum absolute atomic E-state index is 11.5. The number of carboxylic acid groups (broad SMARTS) is 1. The van der Waals surface area contributed by atoms with Crippen molar-refractivity contribution in [3.05, 3.63) is 23.8 Å². The summed E-state index contributed by atoms with van der Waals surface area (Å²) in [6, 6.07) is 5.13. The molecule has 0 saturated heterocycles. The third kappa shape index (κ3) is 3.97. The van der Waals surface area contributed by atoms with E-state index in [-0.39, 0.29) is 18.7 Å². The summed E-state index contributed by atoms with van der Waals surface area (Å²) in [5.41, 5.74) is 0.741. The first-order valence-electron chi connectivity index (χ1n) is 5.26. The van der Waals surface area contributed by atoms with E-state index in [1.165, 1.54) is 14.2 Å². The van der Waals surface area contributed by atoms with Crippen molar-refractivity contribution in [3.8, 4) is 11.5 Å². The van der Waals surface area contributed by atoms with Gasteiger partial charge in [0.2, 0.25) is 0 Å². The minimum atomic E-state index is -1.21. The van der Waals surface area contributed by atoms with Gasteiger partial charge in [-0.25, -0.2) is 4.79 Å². The Bertz CT molecular complexity index is 444. The first kappa shape index (κ1) is 13.8. The first-order valence-corrected chi connectivity index (χ1v) is 5.26. The van der Waals surface area contributed by atoms with Crippen molar-refractivity contribution in [1.29, 1.82) is 0 Å². The van der Waals surface area contributed by atoms with Gasteiger partial charge in [0.15, 0.2) is 17.3 Å². The molecule has 0 radical (unpaired) electrons. The minimum absolute atomic E-state index is 0.140. The van der Waals surface area contributed by atoms with Crippen molar-refractivity contribution in [3.63, 3.8) is 0 Å². The molecular formula is C12H15NO5. The average molecular weight is 253 g/mol. The fraction of sp³-hybridized carbons (Fsp3) is 0.333. The molecule has 0 bridgehead atoms. The fourth-order valence-corrected chi connectivity index (χ4v) is 1.45. The molecular weight excluding hydrogens is 238 g/mol. The summed E-state index contributed by atoms with van der Waals surface area (Å²) >= 11 is 0. The van der Waals surface area contributed by atoms with Crippen LogP contribution >= 0.6 is 0 Å². The van der Waals surface area contributed by atoms with E-state index in [0.29, 0.717) is 11.5 Å². The molecule has 18 heavy (non-hydrogen) atoms. The van der Waals surface area contributed by atoms with Crippen LogP contribution in [0.2, 0.25) is 0 Å². The van der Waals surface area contributed by atoms with Gasteiger partial charge in [-0.2, -0.15) is 0 Å². The molecule has 98 valence electrons. The third-order valence-electron chi connectivity index (χ3n) is 2.29. The van der Waals surface area contributed by atoms with Crippen LogP contribution in [0, 0.1) is 0 Å². The van der Waals surface area contributed by atoms with Gasteiger partial charge in [0.25, 0.3) is 0 Å². The van der Waals surface area contributed by atoms with Crippen molar-refractivity contribution >= 4 is 11.9 Å². The SMILES string of the molecule is COc1ccc(CC(=O)CNC(=O)O)cc1OC. The van der Waals surface area contributed by atoms with Crippen molar-refractivity contribution in [1.82, 2.24) is 5.32 Å². The molecule has 0 aliphatic heterocycles. The number of carbonyl (C=O) groups is 2. The monoisotopic (exact) mass is 253 g/mol. The molecule has 0 aliphatic carbocycles. The molecule has 0 atom stereocenters. The van der Waals surface area contributed by atoms with Crippen molar-refractivity contribution in [2.24, 2.45) is 0 Å². The van der Waals surface area contributed by atoms with E-state index in [4.69, 9.17) is 14.6 Å². The predicted molar refractivity (Wildman–Crippen MR) is 64.3 cm³/mol. The predicted octanol–water partition coefficient (Wildman–Crippen LogP) is 1.08. The highest BCUT2D eigenvalue weighted by Crippen LogP contribution is 2.27. The Labute approximate surface area is 105 Å². The summed E-state index contributed by atoms with van der Waals surface area (Å²) in [5, 5.41) is 10.4. The quantitative estimate of drug-likeness (QED) is 0.792. The number of hydrogen-bond donors (Lipinski definition) is 2. The normalized spacial score (nSPS) is 9.67. The number of amides is 1. The Morgan fingerprint density at radius 3 is 2.44 bits per heavy atom. The zero-order chi connectivity index (χ0) is 13.5.